The Balaban J connectivity index is 0.00000225. The molecular weight excluding hydrogens is 243 g/mol. The van der Waals surface area contributed by atoms with E-state index in [1.165, 1.54) is 25.1 Å². The van der Waals surface area contributed by atoms with Gasteiger partial charge in [0.25, 0.3) is 0 Å². The van der Waals surface area contributed by atoms with Crippen LogP contribution in [0.4, 0.5) is 0 Å². The molecule has 0 saturated carbocycles. The van der Waals surface area contributed by atoms with Gasteiger partial charge in [-0.25, -0.2) is 8.42 Å². The van der Waals surface area contributed by atoms with E-state index in [0.29, 0.717) is 5.56 Å². The van der Waals surface area contributed by atoms with Crippen molar-refractivity contribution in [2.75, 3.05) is 0 Å². The smallest absolute Gasteiger partial charge is 0.746 e. The maximum atomic E-state index is 10.5. The average Bonchev–Trinajstić information content (AvgIpc) is 2.15. The topological polar surface area (TPSA) is 97.7 Å². The van der Waals surface area contributed by atoms with Crippen molar-refractivity contribution in [2.45, 2.75) is 18.5 Å². The van der Waals surface area contributed by atoms with E-state index in [1.807, 2.05) is 0 Å². The van der Waals surface area contributed by atoms with Crippen LogP contribution in [-0.4, -0.2) is 23.2 Å². The second kappa shape index (κ2) is 6.11. The van der Waals surface area contributed by atoms with Crippen molar-refractivity contribution >= 4 is 10.1 Å². The van der Waals surface area contributed by atoms with Crippen LogP contribution >= 0.6 is 0 Å². The van der Waals surface area contributed by atoms with Crippen molar-refractivity contribution < 1.29 is 52.7 Å². The zero-order valence-electron chi connectivity index (χ0n) is 8.99. The SMILES string of the molecule is CC(O)c1cccc(C(O)S(=O)(=O)[O-])c1.[Na+]. The van der Waals surface area contributed by atoms with E-state index in [1.54, 1.807) is 6.07 Å². The van der Waals surface area contributed by atoms with Crippen LogP contribution in [0.5, 0.6) is 0 Å². The van der Waals surface area contributed by atoms with Gasteiger partial charge in [0.1, 0.15) is 10.1 Å². The summed E-state index contributed by atoms with van der Waals surface area (Å²) in [5.41, 5.74) is -1.69. The van der Waals surface area contributed by atoms with Crippen LogP contribution in [0.3, 0.4) is 0 Å². The van der Waals surface area contributed by atoms with Gasteiger partial charge in [-0.15, -0.1) is 0 Å². The van der Waals surface area contributed by atoms with E-state index < -0.39 is 21.7 Å². The average molecular weight is 254 g/mol. The van der Waals surface area contributed by atoms with E-state index in [4.69, 9.17) is 0 Å². The molecular formula is C9H11NaO5S. The van der Waals surface area contributed by atoms with Gasteiger partial charge in [-0.3, -0.25) is 0 Å². The van der Waals surface area contributed by atoms with Crippen molar-refractivity contribution in [2.24, 2.45) is 0 Å². The first kappa shape index (κ1) is 16.1. The Hall–Kier alpha value is 0.0500. The Morgan fingerprint density at radius 2 is 1.75 bits per heavy atom. The summed E-state index contributed by atoms with van der Waals surface area (Å²) in [6, 6.07) is 5.63. The molecule has 0 radical (unpaired) electrons. The molecule has 0 saturated heterocycles. The Morgan fingerprint density at radius 3 is 2.19 bits per heavy atom. The molecule has 1 aromatic carbocycles. The number of aliphatic hydroxyl groups excluding tert-OH is 2. The molecule has 2 atom stereocenters. The maximum Gasteiger partial charge on any atom is 1.00 e. The maximum absolute atomic E-state index is 10.5. The summed E-state index contributed by atoms with van der Waals surface area (Å²) in [7, 11) is -4.77. The van der Waals surface area contributed by atoms with Crippen LogP contribution in [0, 0.1) is 0 Å². The fourth-order valence-electron chi connectivity index (χ4n) is 1.14. The van der Waals surface area contributed by atoms with Gasteiger partial charge in [-0.1, -0.05) is 18.2 Å². The molecule has 7 heteroatoms. The quantitative estimate of drug-likeness (QED) is 0.451. The summed E-state index contributed by atoms with van der Waals surface area (Å²) in [6.45, 7) is 1.50. The molecule has 16 heavy (non-hydrogen) atoms. The fraction of sp³-hybridized carbons (Fsp3) is 0.333. The van der Waals surface area contributed by atoms with E-state index >= 15 is 0 Å². The molecule has 2 unspecified atom stereocenters. The summed E-state index contributed by atoms with van der Waals surface area (Å²) in [6.07, 6.45) is -0.786. The van der Waals surface area contributed by atoms with Gasteiger partial charge in [0.05, 0.1) is 6.10 Å². The molecule has 0 aliphatic heterocycles. The summed E-state index contributed by atoms with van der Waals surface area (Å²) < 4.78 is 31.6. The summed E-state index contributed by atoms with van der Waals surface area (Å²) >= 11 is 0. The van der Waals surface area contributed by atoms with Crippen molar-refractivity contribution in [3.8, 4) is 0 Å². The van der Waals surface area contributed by atoms with Gasteiger partial charge in [-0.05, 0) is 24.1 Å². The minimum absolute atomic E-state index is 0. The largest absolute Gasteiger partial charge is 1.00 e. The van der Waals surface area contributed by atoms with Crippen molar-refractivity contribution in [3.63, 3.8) is 0 Å². The van der Waals surface area contributed by atoms with Crippen molar-refractivity contribution in [1.29, 1.82) is 0 Å². The first-order chi connectivity index (χ1) is 6.82. The Morgan fingerprint density at radius 1 is 1.25 bits per heavy atom. The van der Waals surface area contributed by atoms with Gasteiger partial charge in [0.15, 0.2) is 5.44 Å². The minimum atomic E-state index is -4.77. The molecule has 0 bridgehead atoms. The molecule has 0 aliphatic rings. The van der Waals surface area contributed by atoms with Gasteiger partial charge >= 0.3 is 29.6 Å². The Labute approximate surface area is 116 Å². The second-order valence-corrected chi connectivity index (χ2v) is 4.62. The molecule has 5 nitrogen and oxygen atoms in total. The van der Waals surface area contributed by atoms with E-state index in [-0.39, 0.29) is 35.1 Å². The number of hydrogen-bond acceptors (Lipinski definition) is 5. The molecule has 0 heterocycles. The van der Waals surface area contributed by atoms with Crippen LogP contribution in [0.15, 0.2) is 24.3 Å². The Bertz CT molecular complexity index is 443. The molecule has 84 valence electrons. The summed E-state index contributed by atoms with van der Waals surface area (Å²) in [4.78, 5) is 0. The van der Waals surface area contributed by atoms with Gasteiger partial charge < -0.3 is 14.8 Å². The first-order valence-corrected chi connectivity index (χ1v) is 5.70. The van der Waals surface area contributed by atoms with Gasteiger partial charge in [-0.2, -0.15) is 0 Å². The molecule has 1 aromatic rings. The number of benzene rings is 1. The van der Waals surface area contributed by atoms with Gasteiger partial charge in [0.2, 0.25) is 0 Å². The zero-order valence-corrected chi connectivity index (χ0v) is 11.8. The van der Waals surface area contributed by atoms with Crippen LogP contribution in [0.1, 0.15) is 29.6 Å². The molecule has 0 spiro atoms. The number of aliphatic hydroxyl groups is 2. The third-order valence-corrected chi connectivity index (χ3v) is 2.77. The standard InChI is InChI=1S/C9H12O5S.Na/c1-6(10)7-3-2-4-8(5-7)9(11)15(12,13)14;/h2-6,9-11H,1H3,(H,12,13,14);/q;+1/p-1. The molecule has 0 amide bonds. The predicted octanol–water partition coefficient (Wildman–Crippen LogP) is -2.72. The van der Waals surface area contributed by atoms with E-state index in [9.17, 15) is 23.2 Å². The second-order valence-electron chi connectivity index (χ2n) is 3.19. The predicted molar refractivity (Wildman–Crippen MR) is 51.7 cm³/mol. The molecule has 1 rings (SSSR count). The van der Waals surface area contributed by atoms with E-state index in [2.05, 4.69) is 0 Å². The summed E-state index contributed by atoms with van der Waals surface area (Å²) in [5.74, 6) is 0. The van der Waals surface area contributed by atoms with Crippen LogP contribution in [0.25, 0.3) is 0 Å². The first-order valence-electron chi connectivity index (χ1n) is 4.23. The fourth-order valence-corrected chi connectivity index (χ4v) is 1.62. The monoisotopic (exact) mass is 254 g/mol. The normalized spacial score (nSPS) is 15.0. The third kappa shape index (κ3) is 4.14. The van der Waals surface area contributed by atoms with E-state index in [0.717, 1.165) is 0 Å². The van der Waals surface area contributed by atoms with Crippen LogP contribution in [-0.2, 0) is 10.1 Å². The molecule has 0 aliphatic carbocycles. The van der Waals surface area contributed by atoms with Crippen LogP contribution < -0.4 is 29.6 Å². The molecule has 2 N–H and O–H groups in total. The third-order valence-electron chi connectivity index (χ3n) is 1.95. The number of rotatable bonds is 3. The van der Waals surface area contributed by atoms with Gasteiger partial charge in [0, 0.05) is 0 Å². The van der Waals surface area contributed by atoms with Crippen molar-refractivity contribution in [1.82, 2.24) is 0 Å². The number of hydrogen-bond donors (Lipinski definition) is 2. The van der Waals surface area contributed by atoms with Crippen LogP contribution in [0.2, 0.25) is 0 Å². The zero-order chi connectivity index (χ0) is 11.6. The summed E-state index contributed by atoms with van der Waals surface area (Å²) in [5, 5.41) is 18.4. The molecule has 0 aromatic heterocycles. The Kier molecular flexibility index (Phi) is 6.13. The molecule has 0 fully saturated rings. The minimum Gasteiger partial charge on any atom is -0.746 e. The van der Waals surface area contributed by atoms with Crippen molar-refractivity contribution in [3.05, 3.63) is 35.4 Å².